The van der Waals surface area contributed by atoms with Gasteiger partial charge in [0.1, 0.15) is 0 Å². The molecule has 0 saturated carbocycles. The van der Waals surface area contributed by atoms with Crippen LogP contribution in [0.5, 0.6) is 0 Å². The summed E-state index contributed by atoms with van der Waals surface area (Å²) in [6.07, 6.45) is 3.29. The lowest BCUT2D eigenvalue weighted by Crippen LogP contribution is -2.33. The van der Waals surface area contributed by atoms with Crippen molar-refractivity contribution in [1.29, 1.82) is 0 Å². The van der Waals surface area contributed by atoms with Crippen LogP contribution in [-0.4, -0.2) is 40.4 Å². The second kappa shape index (κ2) is 9.68. The average molecular weight is 391 g/mol. The molecule has 0 aliphatic carbocycles. The molecule has 0 bridgehead atoms. The molecule has 1 N–H and O–H groups in total. The quantitative estimate of drug-likeness (QED) is 0.593. The van der Waals surface area contributed by atoms with Crippen molar-refractivity contribution in [3.05, 3.63) is 89.0 Å². The minimum Gasteiger partial charge on any atom is -0.465 e. The van der Waals surface area contributed by atoms with Gasteiger partial charge in [-0.25, -0.2) is 9.78 Å². The number of rotatable bonds is 8. The van der Waals surface area contributed by atoms with Crippen molar-refractivity contribution < 1.29 is 14.3 Å². The number of esters is 1. The molecule has 0 spiro atoms. The van der Waals surface area contributed by atoms with Crippen LogP contribution < -0.4 is 0 Å². The first-order valence-electron chi connectivity index (χ1n) is 9.59. The van der Waals surface area contributed by atoms with E-state index in [1.54, 1.807) is 35.5 Å². The molecule has 0 aliphatic rings. The number of aromatic nitrogens is 2. The molecular weight excluding hydrogens is 366 g/mol. The first-order valence-corrected chi connectivity index (χ1v) is 9.59. The van der Waals surface area contributed by atoms with Crippen LogP contribution in [-0.2, 0) is 17.7 Å². The number of hydrogen-bond donors (Lipinski definition) is 1. The summed E-state index contributed by atoms with van der Waals surface area (Å²) in [6, 6.07) is 16.9. The largest absolute Gasteiger partial charge is 0.465 e. The number of benzene rings is 2. The third-order valence-electron chi connectivity index (χ3n) is 4.86. The summed E-state index contributed by atoms with van der Waals surface area (Å²) in [7, 11) is 1.31. The third-order valence-corrected chi connectivity index (χ3v) is 4.86. The van der Waals surface area contributed by atoms with Crippen LogP contribution in [0.2, 0.25) is 0 Å². The zero-order chi connectivity index (χ0) is 20.6. The molecule has 1 aromatic heterocycles. The number of H-pyrrole nitrogens is 1. The topological polar surface area (TPSA) is 75.3 Å². The molecule has 0 radical (unpaired) electrons. The Morgan fingerprint density at radius 1 is 1.03 bits per heavy atom. The molecule has 0 atom stereocenters. The van der Waals surface area contributed by atoms with Crippen LogP contribution in [0.1, 0.15) is 44.1 Å². The van der Waals surface area contributed by atoms with E-state index in [1.807, 2.05) is 25.1 Å². The van der Waals surface area contributed by atoms with Gasteiger partial charge in [-0.2, -0.15) is 0 Å². The van der Waals surface area contributed by atoms with Gasteiger partial charge in [-0.1, -0.05) is 42.5 Å². The molecule has 6 nitrogen and oxygen atoms in total. The van der Waals surface area contributed by atoms with Gasteiger partial charge in [0.25, 0.3) is 5.91 Å². The second-order valence-electron chi connectivity index (χ2n) is 6.83. The predicted octanol–water partition coefficient (Wildman–Crippen LogP) is 3.78. The lowest BCUT2D eigenvalue weighted by molar-refractivity contribution is 0.0589. The Kier molecular flexibility index (Phi) is 6.79. The highest BCUT2D eigenvalue weighted by Gasteiger charge is 2.23. The Labute approximate surface area is 170 Å². The fraction of sp³-hybridized carbons (Fsp3) is 0.261. The zero-order valence-electron chi connectivity index (χ0n) is 16.7. The summed E-state index contributed by atoms with van der Waals surface area (Å²) in [5.74, 6) is -0.726. The van der Waals surface area contributed by atoms with E-state index in [1.165, 1.54) is 12.7 Å². The smallest absolute Gasteiger partial charge is 0.338 e. The van der Waals surface area contributed by atoms with Crippen molar-refractivity contribution >= 4 is 11.9 Å². The summed E-state index contributed by atoms with van der Waals surface area (Å²) in [4.78, 5) is 34.6. The fourth-order valence-electron chi connectivity index (χ4n) is 3.23. The predicted molar refractivity (Wildman–Crippen MR) is 111 cm³/mol. The molecule has 0 saturated heterocycles. The Bertz CT molecular complexity index is 966. The van der Waals surface area contributed by atoms with Crippen LogP contribution in [0.25, 0.3) is 0 Å². The Balaban J connectivity index is 1.81. The summed E-state index contributed by atoms with van der Waals surface area (Å²) in [5, 5.41) is 0. The lowest BCUT2D eigenvalue weighted by atomic mass is 10.1. The highest BCUT2D eigenvalue weighted by molar-refractivity contribution is 6.05. The number of hydrogen-bond acceptors (Lipinski definition) is 4. The highest BCUT2D eigenvalue weighted by atomic mass is 16.5. The molecule has 0 aliphatic heterocycles. The molecule has 0 unspecified atom stereocenters. The van der Waals surface area contributed by atoms with E-state index in [0.29, 0.717) is 18.7 Å². The summed E-state index contributed by atoms with van der Waals surface area (Å²) < 4.78 is 4.84. The molecule has 6 heteroatoms. The van der Waals surface area contributed by atoms with Crippen LogP contribution in [0.15, 0.2) is 60.9 Å². The maximum atomic E-state index is 13.3. The maximum Gasteiger partial charge on any atom is 0.338 e. The Morgan fingerprint density at radius 3 is 2.38 bits per heavy atom. The van der Waals surface area contributed by atoms with Crippen LogP contribution >= 0.6 is 0 Å². The van der Waals surface area contributed by atoms with Gasteiger partial charge < -0.3 is 14.6 Å². The summed E-state index contributed by atoms with van der Waals surface area (Å²) in [6.45, 7) is 2.85. The second-order valence-corrected chi connectivity index (χ2v) is 6.83. The van der Waals surface area contributed by atoms with Gasteiger partial charge in [-0.15, -0.1) is 0 Å². The number of amides is 1. The van der Waals surface area contributed by atoms with Crippen molar-refractivity contribution in [3.8, 4) is 0 Å². The number of nitrogens with zero attached hydrogens (tertiary/aromatic N) is 2. The number of aryl methyl sites for hydroxylation is 2. The van der Waals surface area contributed by atoms with E-state index in [-0.39, 0.29) is 11.5 Å². The van der Waals surface area contributed by atoms with Crippen molar-refractivity contribution in [3.63, 3.8) is 0 Å². The minimum atomic E-state index is -0.519. The molecule has 150 valence electrons. The lowest BCUT2D eigenvalue weighted by Gasteiger charge is -2.23. The SMILES string of the molecule is COC(=O)c1ccccc1C(=O)N(CCCc1ccccc1)Cc1nc[nH]c1C. The van der Waals surface area contributed by atoms with Gasteiger partial charge in [-0.3, -0.25) is 4.79 Å². The number of ether oxygens (including phenoxy) is 1. The fourth-order valence-corrected chi connectivity index (χ4v) is 3.23. The van der Waals surface area contributed by atoms with Crippen molar-refractivity contribution in [2.75, 3.05) is 13.7 Å². The average Bonchev–Trinajstić information content (AvgIpc) is 3.17. The van der Waals surface area contributed by atoms with E-state index >= 15 is 0 Å². The first-order chi connectivity index (χ1) is 14.1. The Morgan fingerprint density at radius 2 is 1.72 bits per heavy atom. The van der Waals surface area contributed by atoms with Gasteiger partial charge in [-0.05, 0) is 37.5 Å². The first kappa shape index (κ1) is 20.3. The molecule has 1 heterocycles. The van der Waals surface area contributed by atoms with Crippen LogP contribution in [0, 0.1) is 6.92 Å². The van der Waals surface area contributed by atoms with E-state index in [9.17, 15) is 9.59 Å². The van der Waals surface area contributed by atoms with Crippen molar-refractivity contribution in [2.45, 2.75) is 26.3 Å². The summed E-state index contributed by atoms with van der Waals surface area (Å²) >= 11 is 0. The molecular formula is C23H25N3O3. The van der Waals surface area contributed by atoms with E-state index < -0.39 is 5.97 Å². The number of carbonyl (C=O) groups excluding carboxylic acids is 2. The normalized spacial score (nSPS) is 10.6. The van der Waals surface area contributed by atoms with E-state index in [0.717, 1.165) is 24.2 Å². The van der Waals surface area contributed by atoms with Gasteiger partial charge >= 0.3 is 5.97 Å². The monoisotopic (exact) mass is 391 g/mol. The minimum absolute atomic E-state index is 0.207. The number of methoxy groups -OCH3 is 1. The molecule has 3 rings (SSSR count). The van der Waals surface area contributed by atoms with Crippen molar-refractivity contribution in [2.24, 2.45) is 0 Å². The number of nitrogens with one attached hydrogen (secondary N) is 1. The Hall–Kier alpha value is -3.41. The van der Waals surface area contributed by atoms with E-state index in [4.69, 9.17) is 4.74 Å². The summed E-state index contributed by atoms with van der Waals surface area (Å²) in [5.41, 5.74) is 3.57. The zero-order valence-corrected chi connectivity index (χ0v) is 16.7. The van der Waals surface area contributed by atoms with Crippen molar-refractivity contribution in [1.82, 2.24) is 14.9 Å². The van der Waals surface area contributed by atoms with Gasteiger partial charge in [0.05, 0.1) is 36.8 Å². The van der Waals surface area contributed by atoms with E-state index in [2.05, 4.69) is 22.1 Å². The van der Waals surface area contributed by atoms with Gasteiger partial charge in [0.15, 0.2) is 0 Å². The molecule has 2 aromatic carbocycles. The molecule has 3 aromatic rings. The highest BCUT2D eigenvalue weighted by Crippen LogP contribution is 2.17. The van der Waals surface area contributed by atoms with Crippen LogP contribution in [0.3, 0.4) is 0 Å². The third kappa shape index (κ3) is 5.10. The number of imidazole rings is 1. The van der Waals surface area contributed by atoms with Gasteiger partial charge in [0.2, 0.25) is 0 Å². The van der Waals surface area contributed by atoms with Crippen LogP contribution in [0.4, 0.5) is 0 Å². The molecule has 1 amide bonds. The standard InChI is InChI=1S/C23H25N3O3/c1-17-21(25-16-24-17)15-26(14-8-11-18-9-4-3-5-10-18)22(27)19-12-6-7-13-20(19)23(28)29-2/h3-7,9-10,12-13,16H,8,11,14-15H2,1-2H3,(H,24,25). The number of carbonyl (C=O) groups is 2. The van der Waals surface area contributed by atoms with Gasteiger partial charge in [0, 0.05) is 12.2 Å². The maximum absolute atomic E-state index is 13.3. The number of aromatic amines is 1. The molecule has 0 fully saturated rings. The molecule has 29 heavy (non-hydrogen) atoms.